The normalized spacial score (nSPS) is 11.8. The van der Waals surface area contributed by atoms with E-state index in [0.29, 0.717) is 23.0 Å². The number of rotatable bonds is 5. The first kappa shape index (κ1) is 16.7. The van der Waals surface area contributed by atoms with Gasteiger partial charge >= 0.3 is 11.8 Å². The number of hydrogen-bond donors (Lipinski definition) is 3. The molecule has 0 fully saturated rings. The lowest BCUT2D eigenvalue weighted by molar-refractivity contribution is -0.136. The number of carbonyl (C=O) groups is 2. The van der Waals surface area contributed by atoms with Gasteiger partial charge in [0.2, 0.25) is 0 Å². The van der Waals surface area contributed by atoms with Crippen LogP contribution < -0.4 is 10.6 Å². The maximum Gasteiger partial charge on any atom is 0.313 e. The molecule has 20 heavy (non-hydrogen) atoms. The Balaban J connectivity index is 2.66. The first-order valence-corrected chi connectivity index (χ1v) is 7.26. The number of benzene rings is 1. The summed E-state index contributed by atoms with van der Waals surface area (Å²) >= 11 is 3.32. The second kappa shape index (κ2) is 8.01. The van der Waals surface area contributed by atoms with Crippen LogP contribution in [0.5, 0.6) is 0 Å². The SMILES string of the molecule is CCC(CCO)NC(=O)C(=O)Nc1cc(C)ccc1Br. The van der Waals surface area contributed by atoms with Crippen LogP contribution in [0.1, 0.15) is 25.3 Å². The van der Waals surface area contributed by atoms with E-state index in [1.165, 1.54) is 0 Å². The Morgan fingerprint density at radius 2 is 2.05 bits per heavy atom. The summed E-state index contributed by atoms with van der Waals surface area (Å²) in [5.41, 5.74) is 1.54. The highest BCUT2D eigenvalue weighted by Crippen LogP contribution is 2.23. The van der Waals surface area contributed by atoms with E-state index in [4.69, 9.17) is 5.11 Å². The van der Waals surface area contributed by atoms with Crippen LogP contribution in [-0.4, -0.2) is 29.6 Å². The van der Waals surface area contributed by atoms with Gasteiger partial charge in [0.1, 0.15) is 0 Å². The smallest absolute Gasteiger partial charge is 0.313 e. The monoisotopic (exact) mass is 342 g/mol. The molecule has 2 amide bonds. The maximum atomic E-state index is 11.8. The number of amides is 2. The van der Waals surface area contributed by atoms with E-state index in [1.54, 1.807) is 6.07 Å². The van der Waals surface area contributed by atoms with Gasteiger partial charge in [-0.25, -0.2) is 0 Å². The van der Waals surface area contributed by atoms with Gasteiger partial charge in [-0.15, -0.1) is 0 Å². The average Bonchev–Trinajstić information content (AvgIpc) is 2.42. The molecule has 1 aromatic rings. The average molecular weight is 343 g/mol. The van der Waals surface area contributed by atoms with E-state index in [-0.39, 0.29) is 12.6 Å². The van der Waals surface area contributed by atoms with Crippen LogP contribution in [0.3, 0.4) is 0 Å². The minimum Gasteiger partial charge on any atom is -0.396 e. The van der Waals surface area contributed by atoms with Crippen LogP contribution in [0.2, 0.25) is 0 Å². The molecule has 0 spiro atoms. The quantitative estimate of drug-likeness (QED) is 0.716. The molecular weight excluding hydrogens is 324 g/mol. The highest BCUT2D eigenvalue weighted by molar-refractivity contribution is 9.10. The summed E-state index contributed by atoms with van der Waals surface area (Å²) in [7, 11) is 0. The van der Waals surface area contributed by atoms with Gasteiger partial charge in [0.05, 0.1) is 5.69 Å². The summed E-state index contributed by atoms with van der Waals surface area (Å²) in [6.07, 6.45) is 1.09. The summed E-state index contributed by atoms with van der Waals surface area (Å²) in [4.78, 5) is 23.6. The Kier molecular flexibility index (Phi) is 6.67. The molecule has 0 aliphatic carbocycles. The molecule has 3 N–H and O–H groups in total. The van der Waals surface area contributed by atoms with E-state index in [2.05, 4.69) is 26.6 Å². The Labute approximate surface area is 126 Å². The van der Waals surface area contributed by atoms with Crippen LogP contribution >= 0.6 is 15.9 Å². The van der Waals surface area contributed by atoms with E-state index >= 15 is 0 Å². The molecule has 0 heterocycles. The molecule has 0 saturated heterocycles. The van der Waals surface area contributed by atoms with E-state index in [1.807, 2.05) is 26.0 Å². The first-order valence-electron chi connectivity index (χ1n) is 6.46. The predicted molar refractivity (Wildman–Crippen MR) is 81.4 cm³/mol. The van der Waals surface area contributed by atoms with Crippen molar-refractivity contribution in [2.75, 3.05) is 11.9 Å². The van der Waals surface area contributed by atoms with Crippen molar-refractivity contribution in [1.82, 2.24) is 5.32 Å². The molecule has 110 valence electrons. The molecule has 0 saturated carbocycles. The third-order valence-electron chi connectivity index (χ3n) is 2.88. The predicted octanol–water partition coefficient (Wildman–Crippen LogP) is 1.97. The fourth-order valence-corrected chi connectivity index (χ4v) is 2.04. The number of aryl methyl sites for hydroxylation is 1. The van der Waals surface area contributed by atoms with Gasteiger partial charge in [0.15, 0.2) is 0 Å². The van der Waals surface area contributed by atoms with Gasteiger partial charge in [-0.05, 0) is 53.4 Å². The topological polar surface area (TPSA) is 78.4 Å². The zero-order valence-electron chi connectivity index (χ0n) is 11.6. The molecule has 1 aromatic carbocycles. The van der Waals surface area contributed by atoms with E-state index < -0.39 is 11.8 Å². The van der Waals surface area contributed by atoms with Crippen molar-refractivity contribution in [2.24, 2.45) is 0 Å². The largest absolute Gasteiger partial charge is 0.396 e. The maximum absolute atomic E-state index is 11.8. The fraction of sp³-hybridized carbons (Fsp3) is 0.429. The Morgan fingerprint density at radius 3 is 2.65 bits per heavy atom. The number of aliphatic hydroxyl groups is 1. The van der Waals surface area contributed by atoms with Crippen LogP contribution in [0.15, 0.2) is 22.7 Å². The van der Waals surface area contributed by atoms with Gasteiger partial charge in [-0.3, -0.25) is 9.59 Å². The third kappa shape index (κ3) is 4.94. The molecule has 5 nitrogen and oxygen atoms in total. The molecular formula is C14H19BrN2O3. The summed E-state index contributed by atoms with van der Waals surface area (Å²) in [6, 6.07) is 5.29. The third-order valence-corrected chi connectivity index (χ3v) is 3.57. The molecule has 1 atom stereocenters. The zero-order chi connectivity index (χ0) is 15.1. The van der Waals surface area contributed by atoms with Crippen LogP contribution in [0.25, 0.3) is 0 Å². The van der Waals surface area contributed by atoms with Crippen LogP contribution in [0.4, 0.5) is 5.69 Å². The summed E-state index contributed by atoms with van der Waals surface area (Å²) in [6.45, 7) is 3.76. The number of anilines is 1. The summed E-state index contributed by atoms with van der Waals surface area (Å²) < 4.78 is 0.714. The molecule has 1 unspecified atom stereocenters. The van der Waals surface area contributed by atoms with Crippen LogP contribution in [0, 0.1) is 6.92 Å². The Morgan fingerprint density at radius 1 is 1.35 bits per heavy atom. The number of aliphatic hydroxyl groups excluding tert-OH is 1. The highest BCUT2D eigenvalue weighted by Gasteiger charge is 2.18. The standard InChI is InChI=1S/C14H19BrN2O3/c1-3-10(6-7-18)16-13(19)14(20)17-12-8-9(2)4-5-11(12)15/h4-5,8,10,18H,3,6-7H2,1-2H3,(H,16,19)(H,17,20). The van der Waals surface area contributed by atoms with Gasteiger partial charge in [-0.2, -0.15) is 0 Å². The van der Waals surface area contributed by atoms with Crippen molar-refractivity contribution >= 4 is 33.4 Å². The van der Waals surface area contributed by atoms with Crippen molar-refractivity contribution in [3.05, 3.63) is 28.2 Å². The molecule has 6 heteroatoms. The Hall–Kier alpha value is -1.40. The molecule has 0 bridgehead atoms. The minimum atomic E-state index is -0.715. The number of hydrogen-bond acceptors (Lipinski definition) is 3. The van der Waals surface area contributed by atoms with Gasteiger partial charge < -0.3 is 15.7 Å². The minimum absolute atomic E-state index is 0.0240. The highest BCUT2D eigenvalue weighted by atomic mass is 79.9. The van der Waals surface area contributed by atoms with E-state index in [9.17, 15) is 9.59 Å². The molecule has 1 rings (SSSR count). The fourth-order valence-electron chi connectivity index (χ4n) is 1.70. The molecule has 0 radical (unpaired) electrons. The van der Waals surface area contributed by atoms with Crippen molar-refractivity contribution in [1.29, 1.82) is 0 Å². The number of nitrogens with one attached hydrogen (secondary N) is 2. The number of carbonyl (C=O) groups excluding carboxylic acids is 2. The lowest BCUT2D eigenvalue weighted by Crippen LogP contribution is -2.42. The second-order valence-electron chi connectivity index (χ2n) is 4.53. The van der Waals surface area contributed by atoms with Gasteiger partial charge in [0.25, 0.3) is 0 Å². The first-order chi connectivity index (χ1) is 9.47. The second-order valence-corrected chi connectivity index (χ2v) is 5.38. The number of halogens is 1. The molecule has 0 aliphatic rings. The van der Waals surface area contributed by atoms with E-state index in [0.717, 1.165) is 5.56 Å². The lowest BCUT2D eigenvalue weighted by Gasteiger charge is -2.15. The van der Waals surface area contributed by atoms with Gasteiger partial charge in [0, 0.05) is 17.1 Å². The van der Waals surface area contributed by atoms with Gasteiger partial charge in [-0.1, -0.05) is 13.0 Å². The summed E-state index contributed by atoms with van der Waals surface area (Å²) in [5.74, 6) is -1.41. The lowest BCUT2D eigenvalue weighted by atomic mass is 10.1. The molecule has 0 aromatic heterocycles. The Bertz CT molecular complexity index is 491. The van der Waals surface area contributed by atoms with Crippen LogP contribution in [-0.2, 0) is 9.59 Å². The van der Waals surface area contributed by atoms with Crippen molar-refractivity contribution < 1.29 is 14.7 Å². The zero-order valence-corrected chi connectivity index (χ0v) is 13.2. The van der Waals surface area contributed by atoms with Crippen molar-refractivity contribution in [3.63, 3.8) is 0 Å². The van der Waals surface area contributed by atoms with Crippen molar-refractivity contribution in [3.8, 4) is 0 Å². The summed E-state index contributed by atoms with van der Waals surface area (Å²) in [5, 5.41) is 14.0. The molecule has 0 aliphatic heterocycles. The van der Waals surface area contributed by atoms with Crippen molar-refractivity contribution in [2.45, 2.75) is 32.7 Å².